The van der Waals surface area contributed by atoms with Crippen LogP contribution in [0, 0.1) is 0 Å². The first-order chi connectivity index (χ1) is 4.92. The molecule has 0 saturated carbocycles. The van der Waals surface area contributed by atoms with Crippen LogP contribution in [0.1, 0.15) is 26.7 Å². The van der Waals surface area contributed by atoms with Crippen LogP contribution in [0.3, 0.4) is 0 Å². The summed E-state index contributed by atoms with van der Waals surface area (Å²) in [6, 6.07) is 0. The van der Waals surface area contributed by atoms with Crippen molar-refractivity contribution in [3.05, 3.63) is 0 Å². The molecule has 0 rings (SSSR count). The van der Waals surface area contributed by atoms with Crippen molar-refractivity contribution < 1.29 is 15.0 Å². The zero-order valence-electron chi connectivity index (χ0n) is 6.87. The minimum atomic E-state index is -1.52. The summed E-state index contributed by atoms with van der Waals surface area (Å²) in [5, 5.41) is 17.8. The van der Waals surface area contributed by atoms with Gasteiger partial charge in [-0.25, -0.2) is 0 Å². The summed E-state index contributed by atoms with van der Waals surface area (Å²) in [4.78, 5) is 10.5. The molecule has 0 unspecified atom stereocenters. The van der Waals surface area contributed by atoms with E-state index >= 15 is 0 Å². The first-order valence-electron chi connectivity index (χ1n) is 3.63. The SMILES string of the molecule is CCC[C@H](O)[C@](C)(N)C(=O)O. The Kier molecular flexibility index (Phi) is 3.48. The summed E-state index contributed by atoms with van der Waals surface area (Å²) in [5.41, 5.74) is 3.82. The third kappa shape index (κ3) is 2.48. The molecule has 0 heterocycles. The maximum absolute atomic E-state index is 10.5. The van der Waals surface area contributed by atoms with Crippen molar-refractivity contribution in [2.75, 3.05) is 0 Å². The third-order valence-corrected chi connectivity index (χ3v) is 1.72. The van der Waals surface area contributed by atoms with Crippen molar-refractivity contribution in [2.45, 2.75) is 38.3 Å². The fourth-order valence-electron chi connectivity index (χ4n) is 0.716. The number of carbonyl (C=O) groups is 1. The lowest BCUT2D eigenvalue weighted by Gasteiger charge is -2.25. The second-order valence-corrected chi connectivity index (χ2v) is 2.89. The van der Waals surface area contributed by atoms with Gasteiger partial charge in [-0.05, 0) is 13.3 Å². The highest BCUT2D eigenvalue weighted by Crippen LogP contribution is 2.11. The van der Waals surface area contributed by atoms with Gasteiger partial charge in [0.1, 0.15) is 5.54 Å². The number of nitrogens with two attached hydrogens (primary N) is 1. The summed E-state index contributed by atoms with van der Waals surface area (Å²) in [6.45, 7) is 3.18. The van der Waals surface area contributed by atoms with Crippen molar-refractivity contribution in [1.29, 1.82) is 0 Å². The average molecular weight is 161 g/mol. The number of carboxylic acids is 1. The predicted molar refractivity (Wildman–Crippen MR) is 41.1 cm³/mol. The molecule has 0 aliphatic heterocycles. The van der Waals surface area contributed by atoms with E-state index in [0.29, 0.717) is 6.42 Å². The Morgan fingerprint density at radius 1 is 1.73 bits per heavy atom. The van der Waals surface area contributed by atoms with Gasteiger partial charge in [-0.1, -0.05) is 13.3 Å². The number of carboxylic acid groups (broad SMARTS) is 1. The lowest BCUT2D eigenvalue weighted by molar-refractivity contribution is -0.147. The Labute approximate surface area is 66.0 Å². The Bertz CT molecular complexity index is 145. The molecule has 4 nitrogen and oxygen atoms in total. The monoisotopic (exact) mass is 161 g/mol. The molecule has 0 radical (unpaired) electrons. The van der Waals surface area contributed by atoms with Crippen molar-refractivity contribution in [3.8, 4) is 0 Å². The summed E-state index contributed by atoms with van der Waals surface area (Å²) >= 11 is 0. The standard InChI is InChI=1S/C7H15NO3/c1-3-4-5(9)7(2,8)6(10)11/h5,9H,3-4,8H2,1-2H3,(H,10,11)/t5-,7-/m0/s1. The quantitative estimate of drug-likeness (QED) is 0.539. The third-order valence-electron chi connectivity index (χ3n) is 1.72. The van der Waals surface area contributed by atoms with Crippen molar-refractivity contribution in [1.82, 2.24) is 0 Å². The van der Waals surface area contributed by atoms with Gasteiger partial charge in [0.15, 0.2) is 0 Å². The van der Waals surface area contributed by atoms with Crippen LogP contribution in [0.25, 0.3) is 0 Å². The molecule has 2 atom stereocenters. The molecule has 0 spiro atoms. The van der Waals surface area contributed by atoms with Gasteiger partial charge in [-0.15, -0.1) is 0 Å². The van der Waals surface area contributed by atoms with Gasteiger partial charge >= 0.3 is 5.97 Å². The Morgan fingerprint density at radius 3 is 2.45 bits per heavy atom. The van der Waals surface area contributed by atoms with Crippen molar-refractivity contribution >= 4 is 5.97 Å². The van der Waals surface area contributed by atoms with E-state index in [0.717, 1.165) is 6.42 Å². The van der Waals surface area contributed by atoms with E-state index in [2.05, 4.69) is 0 Å². The molecule has 0 aliphatic carbocycles. The molecule has 66 valence electrons. The van der Waals surface area contributed by atoms with Crippen LogP contribution in [0.15, 0.2) is 0 Å². The number of hydrogen-bond acceptors (Lipinski definition) is 3. The van der Waals surface area contributed by atoms with Crippen LogP contribution in [-0.4, -0.2) is 27.8 Å². The minimum absolute atomic E-state index is 0.416. The summed E-state index contributed by atoms with van der Waals surface area (Å²) < 4.78 is 0. The molecular formula is C7H15NO3. The lowest BCUT2D eigenvalue weighted by Crippen LogP contribution is -2.54. The van der Waals surface area contributed by atoms with Crippen molar-refractivity contribution in [2.24, 2.45) is 5.73 Å². The maximum Gasteiger partial charge on any atom is 0.326 e. The maximum atomic E-state index is 10.5. The van der Waals surface area contributed by atoms with Gasteiger partial charge in [0.05, 0.1) is 6.10 Å². The van der Waals surface area contributed by atoms with Gasteiger partial charge in [0, 0.05) is 0 Å². The molecule has 4 heteroatoms. The van der Waals surface area contributed by atoms with E-state index in [-0.39, 0.29) is 0 Å². The van der Waals surface area contributed by atoms with E-state index in [9.17, 15) is 9.90 Å². The van der Waals surface area contributed by atoms with Crippen LogP contribution >= 0.6 is 0 Å². The van der Waals surface area contributed by atoms with Gasteiger partial charge in [0.2, 0.25) is 0 Å². The lowest BCUT2D eigenvalue weighted by atomic mass is 9.93. The second kappa shape index (κ2) is 3.69. The Balaban J connectivity index is 4.17. The molecular weight excluding hydrogens is 146 g/mol. The molecule has 0 bridgehead atoms. The molecule has 0 aromatic heterocycles. The molecule has 0 amide bonds. The number of aliphatic hydroxyl groups excluding tert-OH is 1. The normalized spacial score (nSPS) is 18.9. The fraction of sp³-hybridized carbons (Fsp3) is 0.857. The Hall–Kier alpha value is -0.610. The molecule has 0 fully saturated rings. The van der Waals surface area contributed by atoms with Crippen LogP contribution in [0.4, 0.5) is 0 Å². The zero-order valence-corrected chi connectivity index (χ0v) is 6.87. The number of hydrogen-bond donors (Lipinski definition) is 3. The van der Waals surface area contributed by atoms with Gasteiger partial charge in [0.25, 0.3) is 0 Å². The van der Waals surface area contributed by atoms with E-state index in [1.807, 2.05) is 6.92 Å². The zero-order chi connectivity index (χ0) is 9.07. The molecule has 0 aromatic rings. The minimum Gasteiger partial charge on any atom is -0.480 e. The fourth-order valence-corrected chi connectivity index (χ4v) is 0.716. The predicted octanol–water partition coefficient (Wildman–Crippen LogP) is -0.0506. The molecule has 4 N–H and O–H groups in total. The smallest absolute Gasteiger partial charge is 0.326 e. The largest absolute Gasteiger partial charge is 0.480 e. The van der Waals surface area contributed by atoms with Gasteiger partial charge in [-0.3, -0.25) is 4.79 Å². The molecule has 0 saturated heterocycles. The summed E-state index contributed by atoms with van der Waals surface area (Å²) in [7, 11) is 0. The highest BCUT2D eigenvalue weighted by atomic mass is 16.4. The average Bonchev–Trinajstić information content (AvgIpc) is 1.88. The molecule has 11 heavy (non-hydrogen) atoms. The number of rotatable bonds is 4. The van der Waals surface area contributed by atoms with E-state index in [4.69, 9.17) is 10.8 Å². The first-order valence-corrected chi connectivity index (χ1v) is 3.63. The molecule has 0 aliphatic rings. The number of aliphatic hydroxyl groups is 1. The van der Waals surface area contributed by atoms with Crippen molar-refractivity contribution in [3.63, 3.8) is 0 Å². The highest BCUT2D eigenvalue weighted by Gasteiger charge is 2.35. The van der Waals surface area contributed by atoms with Crippen LogP contribution in [0.5, 0.6) is 0 Å². The van der Waals surface area contributed by atoms with E-state index in [1.165, 1.54) is 6.92 Å². The molecule has 0 aromatic carbocycles. The van der Waals surface area contributed by atoms with Gasteiger partial charge < -0.3 is 15.9 Å². The van der Waals surface area contributed by atoms with E-state index in [1.54, 1.807) is 0 Å². The highest BCUT2D eigenvalue weighted by molar-refractivity contribution is 5.78. The summed E-state index contributed by atoms with van der Waals surface area (Å²) in [6.07, 6.45) is 0.172. The first kappa shape index (κ1) is 10.4. The van der Waals surface area contributed by atoms with Crippen LogP contribution < -0.4 is 5.73 Å². The summed E-state index contributed by atoms with van der Waals surface area (Å²) in [5.74, 6) is -1.17. The van der Waals surface area contributed by atoms with Gasteiger partial charge in [-0.2, -0.15) is 0 Å². The second-order valence-electron chi connectivity index (χ2n) is 2.89. The Morgan fingerprint density at radius 2 is 2.18 bits per heavy atom. The number of aliphatic carboxylic acids is 1. The van der Waals surface area contributed by atoms with E-state index < -0.39 is 17.6 Å². The topological polar surface area (TPSA) is 83.5 Å². The van der Waals surface area contributed by atoms with Crippen LogP contribution in [0.2, 0.25) is 0 Å². The van der Waals surface area contributed by atoms with Crippen LogP contribution in [-0.2, 0) is 4.79 Å².